The van der Waals surface area contributed by atoms with E-state index in [0.717, 1.165) is 0 Å². The molecule has 2 aromatic carbocycles. The number of nitrogens with zero attached hydrogens (tertiary/aromatic N) is 1. The van der Waals surface area contributed by atoms with Crippen molar-refractivity contribution in [1.82, 2.24) is 0 Å². The zero-order valence-electron chi connectivity index (χ0n) is 22.5. The molecule has 1 amide bonds. The first kappa shape index (κ1) is 26.4. The summed E-state index contributed by atoms with van der Waals surface area (Å²) < 4.78 is 17.2. The van der Waals surface area contributed by atoms with Gasteiger partial charge in [-0.1, -0.05) is 50.2 Å². The third-order valence-electron chi connectivity index (χ3n) is 8.08. The minimum absolute atomic E-state index is 0.0369. The lowest BCUT2D eigenvalue weighted by molar-refractivity contribution is 0.0974. The molecule has 1 fully saturated rings. The summed E-state index contributed by atoms with van der Waals surface area (Å²) in [6.07, 6.45) is 2.03. The minimum Gasteiger partial charge on any atom is -0.507 e. The molecular formula is C32H25NO8. The maximum Gasteiger partial charge on any atom is 0.415 e. The van der Waals surface area contributed by atoms with Crippen LogP contribution in [0.5, 0.6) is 11.5 Å². The second-order valence-electron chi connectivity index (χ2n) is 10.3. The molecule has 0 saturated carbocycles. The topological polar surface area (TPSA) is 126 Å². The van der Waals surface area contributed by atoms with E-state index >= 15 is 0 Å². The van der Waals surface area contributed by atoms with Crippen molar-refractivity contribution in [3.63, 3.8) is 0 Å². The fourth-order valence-electron chi connectivity index (χ4n) is 6.32. The number of ether oxygens (including phenoxy) is 3. The van der Waals surface area contributed by atoms with Crippen LogP contribution in [0.25, 0.3) is 0 Å². The molecule has 9 nitrogen and oxygen atoms in total. The molecular weight excluding hydrogens is 526 g/mol. The second kappa shape index (κ2) is 9.10. The predicted octanol–water partition coefficient (Wildman–Crippen LogP) is 3.25. The highest BCUT2D eigenvalue weighted by Gasteiger charge is 2.83. The van der Waals surface area contributed by atoms with Crippen molar-refractivity contribution in [2.24, 2.45) is 5.92 Å². The summed E-state index contributed by atoms with van der Waals surface area (Å²) in [6, 6.07) is 4.62. The van der Waals surface area contributed by atoms with Gasteiger partial charge in [-0.2, -0.15) is 0 Å². The fraction of sp³-hybridized carbons (Fsp3) is 0.281. The maximum atomic E-state index is 14.2. The monoisotopic (exact) mass is 551 g/mol. The smallest absolute Gasteiger partial charge is 0.415 e. The number of rotatable bonds is 4. The lowest BCUT2D eigenvalue weighted by Gasteiger charge is -2.43. The molecule has 1 saturated heterocycles. The number of benzene rings is 2. The molecule has 4 aliphatic rings. The molecule has 0 radical (unpaired) electrons. The number of phenols is 1. The van der Waals surface area contributed by atoms with Crippen molar-refractivity contribution in [3.8, 4) is 35.2 Å². The molecule has 2 aliphatic carbocycles. The molecule has 9 heteroatoms. The summed E-state index contributed by atoms with van der Waals surface area (Å²) >= 11 is 0. The maximum absolute atomic E-state index is 14.2. The Labute approximate surface area is 236 Å². The largest absolute Gasteiger partial charge is 0.507 e. The van der Waals surface area contributed by atoms with Crippen LogP contribution in [-0.4, -0.2) is 59.3 Å². The number of hydrogen-bond donors (Lipinski definition) is 2. The lowest BCUT2D eigenvalue weighted by Crippen LogP contribution is -2.59. The fourth-order valence-corrected chi connectivity index (χ4v) is 6.32. The first-order chi connectivity index (χ1) is 19.6. The number of epoxide rings is 1. The number of aliphatic hydroxyl groups is 1. The number of carbonyl (C=O) groups excluding carboxylic acids is 3. The van der Waals surface area contributed by atoms with Gasteiger partial charge in [0, 0.05) is 16.7 Å². The van der Waals surface area contributed by atoms with E-state index in [4.69, 9.17) is 14.2 Å². The first-order valence-corrected chi connectivity index (χ1v) is 13.0. The molecule has 6 rings (SSSR count). The number of fused-ring (bicyclic) bond motifs is 4. The number of carbonyl (C=O) groups is 3. The summed E-state index contributed by atoms with van der Waals surface area (Å²) in [5.41, 5.74) is -3.19. The third-order valence-corrected chi connectivity index (χ3v) is 8.08. The molecule has 0 unspecified atom stereocenters. The normalized spacial score (nSPS) is 27.0. The Morgan fingerprint density at radius 3 is 2.54 bits per heavy atom. The summed E-state index contributed by atoms with van der Waals surface area (Å²) in [6.45, 7) is 7.17. The zero-order chi connectivity index (χ0) is 29.3. The minimum atomic E-state index is -1.58. The van der Waals surface area contributed by atoms with Crippen LogP contribution in [0.1, 0.15) is 51.3 Å². The van der Waals surface area contributed by atoms with E-state index in [-0.39, 0.29) is 46.0 Å². The number of allylic oxidation sites excluding steroid dienone is 2. The highest BCUT2D eigenvalue weighted by molar-refractivity contribution is 6.32. The van der Waals surface area contributed by atoms with E-state index < -0.39 is 46.8 Å². The summed E-state index contributed by atoms with van der Waals surface area (Å²) in [4.78, 5) is 43.0. The van der Waals surface area contributed by atoms with Gasteiger partial charge in [0.15, 0.2) is 23.3 Å². The summed E-state index contributed by atoms with van der Waals surface area (Å²) in [5.74, 6) is 9.73. The van der Waals surface area contributed by atoms with Crippen molar-refractivity contribution in [2.45, 2.75) is 37.2 Å². The van der Waals surface area contributed by atoms with E-state index in [0.29, 0.717) is 5.75 Å². The van der Waals surface area contributed by atoms with Crippen LogP contribution in [0.2, 0.25) is 0 Å². The quantitative estimate of drug-likeness (QED) is 0.288. The van der Waals surface area contributed by atoms with Crippen molar-refractivity contribution < 1.29 is 38.8 Å². The van der Waals surface area contributed by atoms with Crippen molar-refractivity contribution in [3.05, 3.63) is 76.9 Å². The molecule has 2 heterocycles. The van der Waals surface area contributed by atoms with Gasteiger partial charge >= 0.3 is 6.09 Å². The van der Waals surface area contributed by atoms with Gasteiger partial charge in [-0.15, -0.1) is 0 Å². The van der Waals surface area contributed by atoms with Crippen LogP contribution in [0.4, 0.5) is 10.5 Å². The van der Waals surface area contributed by atoms with Gasteiger partial charge in [0.1, 0.15) is 29.7 Å². The highest BCUT2D eigenvalue weighted by Crippen LogP contribution is 2.70. The number of aliphatic hydroxyl groups excluding tert-OH is 1. The van der Waals surface area contributed by atoms with Crippen LogP contribution >= 0.6 is 0 Å². The Balaban J connectivity index is 1.73. The molecule has 2 aromatic rings. The van der Waals surface area contributed by atoms with Crippen molar-refractivity contribution in [1.29, 1.82) is 0 Å². The Hall–Kier alpha value is -4.83. The van der Waals surface area contributed by atoms with Gasteiger partial charge in [-0.05, 0) is 42.3 Å². The van der Waals surface area contributed by atoms with Crippen molar-refractivity contribution in [2.75, 3.05) is 18.6 Å². The van der Waals surface area contributed by atoms with E-state index in [1.54, 1.807) is 6.07 Å². The number of phenolic OH excluding ortho intramolecular Hbond substituents is 1. The average molecular weight is 552 g/mol. The number of hydrogen-bond acceptors (Lipinski definition) is 8. The molecule has 2 N–H and O–H groups in total. The standard InChI is InChI=1S/C32H25NO8/c1-5-14-40-30(38)33-23-10-8-6-7-9-11-24(35)32(31(23,41-32)17(2)3)21-16-22(34)25-26(27(21)33)28(36)19-13-12-18(39-4)15-20(19)29(25)37/h5-7,12-13,15-17,23-24,34-35H,1,14H2,2-4H3/b7-6-/t23-,24+,31-,32-/m0/s1. The van der Waals surface area contributed by atoms with E-state index in [1.165, 1.54) is 48.4 Å². The summed E-state index contributed by atoms with van der Waals surface area (Å²) in [5, 5.41) is 22.8. The number of methoxy groups -OCH3 is 1. The van der Waals surface area contributed by atoms with Crippen LogP contribution < -0.4 is 9.64 Å². The first-order valence-electron chi connectivity index (χ1n) is 13.0. The van der Waals surface area contributed by atoms with Crippen LogP contribution in [0.3, 0.4) is 0 Å². The van der Waals surface area contributed by atoms with Gasteiger partial charge in [0.2, 0.25) is 0 Å². The lowest BCUT2D eigenvalue weighted by atomic mass is 9.67. The Bertz CT molecular complexity index is 1730. The number of aromatic hydroxyl groups is 1. The van der Waals surface area contributed by atoms with Crippen LogP contribution in [0, 0.1) is 29.6 Å². The van der Waals surface area contributed by atoms with Gasteiger partial charge in [-0.3, -0.25) is 14.5 Å². The number of anilines is 1. The van der Waals surface area contributed by atoms with E-state index in [9.17, 15) is 24.6 Å². The van der Waals surface area contributed by atoms with Crippen LogP contribution in [-0.2, 0) is 15.1 Å². The average Bonchev–Trinajstić information content (AvgIpc) is 3.69. The van der Waals surface area contributed by atoms with E-state index in [2.05, 4.69) is 30.3 Å². The predicted molar refractivity (Wildman–Crippen MR) is 147 cm³/mol. The molecule has 4 atom stereocenters. The van der Waals surface area contributed by atoms with E-state index in [1.807, 2.05) is 13.8 Å². The number of amides is 1. The van der Waals surface area contributed by atoms with Crippen LogP contribution in [0.15, 0.2) is 49.1 Å². The van der Waals surface area contributed by atoms with Crippen molar-refractivity contribution >= 4 is 23.3 Å². The Morgan fingerprint density at radius 1 is 1.15 bits per heavy atom. The molecule has 2 aliphatic heterocycles. The van der Waals surface area contributed by atoms with Gasteiger partial charge in [0.05, 0.1) is 23.9 Å². The zero-order valence-corrected chi connectivity index (χ0v) is 22.5. The molecule has 41 heavy (non-hydrogen) atoms. The molecule has 0 aromatic heterocycles. The number of ketones is 2. The Kier molecular flexibility index (Phi) is 5.86. The molecule has 206 valence electrons. The van der Waals surface area contributed by atoms with Gasteiger partial charge < -0.3 is 24.4 Å². The third kappa shape index (κ3) is 3.31. The molecule has 2 bridgehead atoms. The Morgan fingerprint density at radius 2 is 1.85 bits per heavy atom. The second-order valence-corrected chi connectivity index (χ2v) is 10.3. The SMILES string of the molecule is C=CCOC(=O)N1c2c(cc(O)c3c2C(=O)c2ccc(OC)cc2C3=O)[C@@]23O[C@@]2(C(C)C)[C@@H]1C#C/C=C\C#C[C@H]3O. The van der Waals surface area contributed by atoms with Gasteiger partial charge in [0.25, 0.3) is 0 Å². The highest BCUT2D eigenvalue weighted by atomic mass is 16.6. The van der Waals surface area contributed by atoms with Gasteiger partial charge in [-0.25, -0.2) is 4.79 Å². The summed E-state index contributed by atoms with van der Waals surface area (Å²) in [7, 11) is 1.43. The molecule has 0 spiro atoms.